The average molecular weight is 610 g/mol. The fourth-order valence-electron chi connectivity index (χ4n) is 7.37. The molecule has 6 rings (SSSR count). The van der Waals surface area contributed by atoms with Crippen LogP contribution in [0.15, 0.2) is 36.4 Å². The fourth-order valence-corrected chi connectivity index (χ4v) is 7.37. The lowest BCUT2D eigenvalue weighted by Gasteiger charge is -2.52. The first-order valence-corrected chi connectivity index (χ1v) is 15.7. The number of halogens is 2. The third-order valence-electron chi connectivity index (χ3n) is 10.0. The predicted octanol–water partition coefficient (Wildman–Crippen LogP) is 4.08. The molecule has 0 radical (unpaired) electrons. The molecule has 0 aromatic heterocycles. The third kappa shape index (κ3) is 6.67. The molecule has 1 spiro atoms. The summed E-state index contributed by atoms with van der Waals surface area (Å²) in [6.45, 7) is 4.45. The molecular weight excluding hydrogens is 568 g/mol. The van der Waals surface area contributed by atoms with Crippen molar-refractivity contribution >= 4 is 29.1 Å². The zero-order valence-corrected chi connectivity index (χ0v) is 25.2. The first kappa shape index (κ1) is 30.3. The normalized spacial score (nSPS) is 22.8. The molecule has 44 heavy (non-hydrogen) atoms. The Morgan fingerprint density at radius 1 is 1.02 bits per heavy atom. The number of hydrogen-bond donors (Lipinski definition) is 3. The molecule has 2 aromatic rings. The maximum atomic E-state index is 15.1. The molecule has 9 nitrogen and oxygen atoms in total. The number of likely N-dealkylation sites (tertiary alicyclic amines) is 1. The van der Waals surface area contributed by atoms with E-state index >= 15 is 4.39 Å². The largest absolute Gasteiger partial charge is 0.497 e. The molecule has 3 saturated heterocycles. The van der Waals surface area contributed by atoms with Crippen LogP contribution in [0.3, 0.4) is 0 Å². The second kappa shape index (κ2) is 12.7. The van der Waals surface area contributed by atoms with Crippen molar-refractivity contribution in [2.45, 2.75) is 63.5 Å². The number of imide groups is 1. The molecule has 3 aliphatic heterocycles. The van der Waals surface area contributed by atoms with Gasteiger partial charge in [-0.3, -0.25) is 19.7 Å². The van der Waals surface area contributed by atoms with Gasteiger partial charge in [0.25, 0.3) is 5.91 Å². The van der Waals surface area contributed by atoms with E-state index in [4.69, 9.17) is 4.74 Å². The number of nitrogens with one attached hydrogen (secondary N) is 3. The Balaban J connectivity index is 0.928. The lowest BCUT2D eigenvalue weighted by molar-refractivity contribution is -0.133. The number of ether oxygens (including phenoxy) is 1. The van der Waals surface area contributed by atoms with Gasteiger partial charge in [-0.05, 0) is 87.6 Å². The summed E-state index contributed by atoms with van der Waals surface area (Å²) in [4.78, 5) is 40.5. The van der Waals surface area contributed by atoms with Crippen molar-refractivity contribution in [2.24, 2.45) is 11.3 Å². The van der Waals surface area contributed by atoms with E-state index in [2.05, 4.69) is 20.9 Å². The van der Waals surface area contributed by atoms with Gasteiger partial charge in [0.05, 0.1) is 18.5 Å². The van der Waals surface area contributed by atoms with Crippen molar-refractivity contribution in [1.29, 1.82) is 0 Å². The summed E-state index contributed by atoms with van der Waals surface area (Å²) in [5, 5.41) is 8.16. The van der Waals surface area contributed by atoms with Crippen molar-refractivity contribution < 1.29 is 27.9 Å². The Labute approximate surface area is 256 Å². The zero-order valence-electron chi connectivity index (χ0n) is 25.2. The van der Waals surface area contributed by atoms with E-state index in [1.165, 1.54) is 6.07 Å². The van der Waals surface area contributed by atoms with E-state index in [1.54, 1.807) is 13.2 Å². The lowest BCUT2D eigenvalue weighted by Crippen LogP contribution is -2.55. The van der Waals surface area contributed by atoms with Crippen molar-refractivity contribution in [3.05, 3.63) is 53.6 Å². The summed E-state index contributed by atoms with van der Waals surface area (Å²) < 4.78 is 35.3. The molecule has 3 heterocycles. The van der Waals surface area contributed by atoms with Gasteiger partial charge in [0.15, 0.2) is 0 Å². The lowest BCUT2D eigenvalue weighted by atomic mass is 9.60. The molecule has 1 atom stereocenters. The number of piperidine rings is 3. The molecule has 4 aliphatic rings. The van der Waals surface area contributed by atoms with Crippen LogP contribution in [0.4, 0.5) is 20.2 Å². The smallest absolute Gasteiger partial charge is 0.251 e. The molecule has 1 aliphatic carbocycles. The average Bonchev–Trinajstić information content (AvgIpc) is 3.00. The van der Waals surface area contributed by atoms with Crippen LogP contribution in [0.5, 0.6) is 5.75 Å². The van der Waals surface area contributed by atoms with Crippen LogP contribution in [-0.2, 0) is 9.59 Å². The monoisotopic (exact) mass is 609 g/mol. The summed E-state index contributed by atoms with van der Waals surface area (Å²) in [7, 11) is 1.60. The maximum absolute atomic E-state index is 15.1. The Hall–Kier alpha value is -3.73. The quantitative estimate of drug-likeness (QED) is 0.388. The fraction of sp³-hybridized carbons (Fsp3) is 0.545. The standard InChI is InChI=1S/C33H41F2N5O4/c1-44-24-4-2-3-22(15-24)31(42)36-23-18-33(19-23)9-13-39(14-10-33)20-21-7-11-40(12-8-21)29-17-25(34)28(16-26(29)35)37-27-5-6-30(41)38-32(27)43/h2-4,15-17,21,23,27,37H,5-14,18-20H2,1H3,(H,36,42)(H,38,41,43). The first-order valence-electron chi connectivity index (χ1n) is 15.7. The highest BCUT2D eigenvalue weighted by molar-refractivity contribution is 6.01. The van der Waals surface area contributed by atoms with Crippen molar-refractivity contribution in [3.8, 4) is 5.75 Å². The van der Waals surface area contributed by atoms with Crippen LogP contribution in [-0.4, -0.2) is 74.5 Å². The molecule has 3 amide bonds. The van der Waals surface area contributed by atoms with E-state index in [0.717, 1.165) is 64.2 Å². The Kier molecular flexibility index (Phi) is 8.75. The van der Waals surface area contributed by atoms with Gasteiger partial charge in [0.1, 0.15) is 23.4 Å². The molecular formula is C33H41F2N5O4. The Bertz CT molecular complexity index is 1400. The van der Waals surface area contributed by atoms with Gasteiger partial charge < -0.3 is 25.2 Å². The number of nitrogens with zero attached hydrogens (tertiary/aromatic N) is 2. The number of rotatable bonds is 8. The summed E-state index contributed by atoms with van der Waals surface area (Å²) in [5.41, 5.74) is 1.12. The van der Waals surface area contributed by atoms with Crippen molar-refractivity contribution in [2.75, 3.05) is 50.1 Å². The van der Waals surface area contributed by atoms with Gasteiger partial charge in [0, 0.05) is 49.8 Å². The van der Waals surface area contributed by atoms with Gasteiger partial charge in [-0.2, -0.15) is 0 Å². The molecule has 11 heteroatoms. The number of methoxy groups -OCH3 is 1. The van der Waals surface area contributed by atoms with Crippen LogP contribution in [0.25, 0.3) is 0 Å². The third-order valence-corrected chi connectivity index (χ3v) is 10.0. The Morgan fingerprint density at radius 3 is 2.48 bits per heavy atom. The summed E-state index contributed by atoms with van der Waals surface area (Å²) >= 11 is 0. The van der Waals surface area contributed by atoms with Gasteiger partial charge in [-0.25, -0.2) is 8.78 Å². The van der Waals surface area contributed by atoms with Crippen LogP contribution in [0, 0.1) is 23.0 Å². The summed E-state index contributed by atoms with van der Waals surface area (Å²) in [6.07, 6.45) is 6.56. The van der Waals surface area contributed by atoms with Crippen LogP contribution in [0.2, 0.25) is 0 Å². The molecule has 236 valence electrons. The van der Waals surface area contributed by atoms with E-state index in [9.17, 15) is 18.8 Å². The highest BCUT2D eigenvalue weighted by Gasteiger charge is 2.46. The van der Waals surface area contributed by atoms with Crippen molar-refractivity contribution in [1.82, 2.24) is 15.5 Å². The minimum absolute atomic E-state index is 0.0463. The number of carbonyl (C=O) groups excluding carboxylic acids is 3. The van der Waals surface area contributed by atoms with Crippen LogP contribution in [0.1, 0.15) is 61.7 Å². The minimum atomic E-state index is -0.774. The molecule has 1 unspecified atom stereocenters. The topological polar surface area (TPSA) is 103 Å². The van der Waals surface area contributed by atoms with Crippen LogP contribution < -0.4 is 25.6 Å². The number of carbonyl (C=O) groups is 3. The summed E-state index contributed by atoms with van der Waals surface area (Å²) in [5.74, 6) is -0.886. The molecule has 3 N–H and O–H groups in total. The molecule has 1 saturated carbocycles. The highest BCUT2D eigenvalue weighted by atomic mass is 19.1. The maximum Gasteiger partial charge on any atom is 0.251 e. The summed E-state index contributed by atoms with van der Waals surface area (Å²) in [6, 6.07) is 9.00. The first-order chi connectivity index (χ1) is 21.2. The van der Waals surface area contributed by atoms with Crippen LogP contribution >= 0.6 is 0 Å². The molecule has 4 fully saturated rings. The van der Waals surface area contributed by atoms with Gasteiger partial charge in [-0.1, -0.05) is 6.07 Å². The van der Waals surface area contributed by atoms with E-state index in [1.807, 2.05) is 23.1 Å². The van der Waals surface area contributed by atoms with Gasteiger partial charge >= 0.3 is 0 Å². The Morgan fingerprint density at radius 2 is 1.77 bits per heavy atom. The van der Waals surface area contributed by atoms with Crippen molar-refractivity contribution in [3.63, 3.8) is 0 Å². The van der Waals surface area contributed by atoms with E-state index < -0.39 is 23.6 Å². The second-order valence-corrected chi connectivity index (χ2v) is 13.0. The SMILES string of the molecule is COc1cccc(C(=O)NC2CC3(CCN(CC4CCN(c5cc(F)c(NC6CCC(=O)NC6=O)cc5F)CC4)CC3)C2)c1. The molecule has 0 bridgehead atoms. The highest BCUT2D eigenvalue weighted by Crippen LogP contribution is 2.49. The predicted molar refractivity (Wildman–Crippen MR) is 163 cm³/mol. The second-order valence-electron chi connectivity index (χ2n) is 13.0. The number of anilines is 2. The minimum Gasteiger partial charge on any atom is -0.497 e. The van der Waals surface area contributed by atoms with Gasteiger partial charge in [0.2, 0.25) is 11.8 Å². The zero-order chi connectivity index (χ0) is 30.8. The van der Waals surface area contributed by atoms with Gasteiger partial charge in [-0.15, -0.1) is 0 Å². The van der Waals surface area contributed by atoms with E-state index in [0.29, 0.717) is 35.7 Å². The molecule has 2 aromatic carbocycles. The number of hydrogen-bond acceptors (Lipinski definition) is 7. The number of amides is 3. The number of benzene rings is 2. The van der Waals surface area contributed by atoms with E-state index in [-0.39, 0.29) is 42.1 Å².